The van der Waals surface area contributed by atoms with Gasteiger partial charge in [0.1, 0.15) is 0 Å². The van der Waals surface area contributed by atoms with E-state index in [0.717, 1.165) is 11.5 Å². The Hall–Kier alpha value is -0.930. The molecule has 112 valence electrons. The number of hydrogen-bond donors (Lipinski definition) is 2. The van der Waals surface area contributed by atoms with E-state index in [1.807, 2.05) is 0 Å². The zero-order valence-corrected chi connectivity index (χ0v) is 13.2. The average Bonchev–Trinajstić information content (AvgIpc) is 2.43. The molecule has 3 nitrogen and oxygen atoms in total. The van der Waals surface area contributed by atoms with Gasteiger partial charge in [0.15, 0.2) is 11.5 Å². The Balaban J connectivity index is 2.05. The van der Waals surface area contributed by atoms with Gasteiger partial charge in [0.2, 0.25) is 0 Å². The Kier molecular flexibility index (Phi) is 5.17. The van der Waals surface area contributed by atoms with Crippen LogP contribution in [0.25, 0.3) is 0 Å². The predicted molar refractivity (Wildman–Crippen MR) is 82.5 cm³/mol. The van der Waals surface area contributed by atoms with Crippen molar-refractivity contribution in [1.82, 2.24) is 5.32 Å². The zero-order valence-electron chi connectivity index (χ0n) is 12.4. The lowest BCUT2D eigenvalue weighted by atomic mass is 9.78. The summed E-state index contributed by atoms with van der Waals surface area (Å²) < 4.78 is 5.13. The number of phenolic OH excluding ortho intramolecular Hbond substituents is 1. The summed E-state index contributed by atoms with van der Waals surface area (Å²) >= 11 is 6.06. The summed E-state index contributed by atoms with van der Waals surface area (Å²) in [6, 6.07) is 3.93. The monoisotopic (exact) mass is 297 g/mol. The second kappa shape index (κ2) is 6.68. The van der Waals surface area contributed by atoms with E-state index in [2.05, 4.69) is 19.2 Å². The maximum atomic E-state index is 10.1. The van der Waals surface area contributed by atoms with Crippen LogP contribution in [-0.2, 0) is 6.54 Å². The van der Waals surface area contributed by atoms with Gasteiger partial charge in [-0.3, -0.25) is 0 Å². The fourth-order valence-corrected chi connectivity index (χ4v) is 3.26. The van der Waals surface area contributed by atoms with Gasteiger partial charge in [0.05, 0.1) is 7.11 Å². The van der Waals surface area contributed by atoms with Crippen LogP contribution in [0, 0.1) is 11.8 Å². The third-order valence-corrected chi connectivity index (χ3v) is 4.82. The lowest BCUT2D eigenvalue weighted by molar-refractivity contribution is 0.205. The van der Waals surface area contributed by atoms with Gasteiger partial charge in [-0.05, 0) is 24.3 Å². The molecular formula is C16H24ClNO2. The van der Waals surface area contributed by atoms with Gasteiger partial charge in [-0.15, -0.1) is 0 Å². The fourth-order valence-electron chi connectivity index (χ4n) is 3.03. The van der Waals surface area contributed by atoms with E-state index in [-0.39, 0.29) is 5.75 Å². The summed E-state index contributed by atoms with van der Waals surface area (Å²) in [6.07, 6.45) is 3.79. The number of aromatic hydroxyl groups is 1. The number of nitrogens with one attached hydrogen (secondary N) is 1. The Labute approximate surface area is 126 Å². The van der Waals surface area contributed by atoms with Crippen LogP contribution in [0.15, 0.2) is 12.1 Å². The normalized spacial score (nSPS) is 26.5. The summed E-state index contributed by atoms with van der Waals surface area (Å²) in [5, 5.41) is 14.3. The highest BCUT2D eigenvalue weighted by Gasteiger charge is 2.26. The first kappa shape index (κ1) is 15.5. The number of hydrogen-bond acceptors (Lipinski definition) is 3. The lowest BCUT2D eigenvalue weighted by Crippen LogP contribution is -2.40. The number of benzene rings is 1. The standard InChI is InChI=1S/C16H24ClNO2/c1-10-5-4-6-14(11(10)2)18-9-12-7-13(17)8-15(20-3)16(12)19/h7-8,10-11,14,18-19H,4-6,9H2,1-3H3. The van der Waals surface area contributed by atoms with Crippen molar-refractivity contribution in [3.8, 4) is 11.5 Å². The molecule has 0 spiro atoms. The average molecular weight is 298 g/mol. The SMILES string of the molecule is COc1cc(Cl)cc(CNC2CCCC(C)C2C)c1O. The van der Waals surface area contributed by atoms with Crippen molar-refractivity contribution in [2.24, 2.45) is 11.8 Å². The van der Waals surface area contributed by atoms with Gasteiger partial charge >= 0.3 is 0 Å². The predicted octanol–water partition coefficient (Wildman–Crippen LogP) is 3.97. The minimum atomic E-state index is 0.181. The largest absolute Gasteiger partial charge is 0.504 e. The highest BCUT2D eigenvalue weighted by atomic mass is 35.5. The van der Waals surface area contributed by atoms with Crippen molar-refractivity contribution >= 4 is 11.6 Å². The first-order chi connectivity index (χ1) is 9.52. The maximum absolute atomic E-state index is 10.1. The summed E-state index contributed by atoms with van der Waals surface area (Å²) in [5.41, 5.74) is 0.791. The molecule has 0 aromatic heterocycles. The molecule has 0 aliphatic heterocycles. The third-order valence-electron chi connectivity index (χ3n) is 4.60. The number of methoxy groups -OCH3 is 1. The van der Waals surface area contributed by atoms with E-state index >= 15 is 0 Å². The Morgan fingerprint density at radius 2 is 2.10 bits per heavy atom. The van der Waals surface area contributed by atoms with Gasteiger partial charge in [0.25, 0.3) is 0 Å². The molecule has 2 N–H and O–H groups in total. The number of halogens is 1. The third kappa shape index (κ3) is 3.39. The molecule has 2 rings (SSSR count). The molecule has 0 radical (unpaired) electrons. The number of ether oxygens (including phenoxy) is 1. The molecule has 4 heteroatoms. The van der Waals surface area contributed by atoms with Crippen LogP contribution in [0.4, 0.5) is 0 Å². The van der Waals surface area contributed by atoms with E-state index in [9.17, 15) is 5.11 Å². The van der Waals surface area contributed by atoms with Gasteiger partial charge in [-0.1, -0.05) is 38.3 Å². The van der Waals surface area contributed by atoms with E-state index in [0.29, 0.717) is 29.3 Å². The summed E-state index contributed by atoms with van der Waals surface area (Å²) in [4.78, 5) is 0. The molecule has 20 heavy (non-hydrogen) atoms. The second-order valence-corrected chi connectivity index (χ2v) is 6.31. The summed E-state index contributed by atoms with van der Waals surface area (Å²) in [6.45, 7) is 5.24. The molecule has 0 bridgehead atoms. The molecular weight excluding hydrogens is 274 g/mol. The highest BCUT2D eigenvalue weighted by Crippen LogP contribution is 2.34. The van der Waals surface area contributed by atoms with E-state index in [1.54, 1.807) is 12.1 Å². The number of phenols is 1. The molecule has 1 aromatic rings. The second-order valence-electron chi connectivity index (χ2n) is 5.87. The van der Waals surface area contributed by atoms with Gasteiger partial charge in [-0.25, -0.2) is 0 Å². The van der Waals surface area contributed by atoms with Crippen LogP contribution in [0.5, 0.6) is 11.5 Å². The number of rotatable bonds is 4. The summed E-state index contributed by atoms with van der Waals surface area (Å²) in [7, 11) is 1.54. The maximum Gasteiger partial charge on any atom is 0.162 e. The molecule has 3 unspecified atom stereocenters. The van der Waals surface area contributed by atoms with Crippen molar-refractivity contribution < 1.29 is 9.84 Å². The van der Waals surface area contributed by atoms with Gasteiger partial charge in [0, 0.05) is 29.2 Å². The highest BCUT2D eigenvalue weighted by molar-refractivity contribution is 6.30. The van der Waals surface area contributed by atoms with Crippen LogP contribution in [0.2, 0.25) is 5.02 Å². The van der Waals surface area contributed by atoms with Crippen LogP contribution in [0.3, 0.4) is 0 Å². The Morgan fingerprint density at radius 1 is 1.35 bits per heavy atom. The van der Waals surface area contributed by atoms with Crippen LogP contribution >= 0.6 is 11.6 Å². The molecule has 3 atom stereocenters. The van der Waals surface area contributed by atoms with Gasteiger partial charge < -0.3 is 15.2 Å². The molecule has 0 heterocycles. The molecule has 1 aromatic carbocycles. The Morgan fingerprint density at radius 3 is 2.80 bits per heavy atom. The van der Waals surface area contributed by atoms with Crippen molar-refractivity contribution in [3.63, 3.8) is 0 Å². The van der Waals surface area contributed by atoms with Crippen LogP contribution < -0.4 is 10.1 Å². The quantitative estimate of drug-likeness (QED) is 0.883. The van der Waals surface area contributed by atoms with Crippen LogP contribution in [-0.4, -0.2) is 18.3 Å². The van der Waals surface area contributed by atoms with E-state index in [1.165, 1.54) is 26.4 Å². The Bertz CT molecular complexity index is 464. The molecule has 0 amide bonds. The fraction of sp³-hybridized carbons (Fsp3) is 0.625. The van der Waals surface area contributed by atoms with Crippen molar-refractivity contribution in [3.05, 3.63) is 22.7 Å². The molecule has 1 aliphatic carbocycles. The lowest BCUT2D eigenvalue weighted by Gasteiger charge is -2.34. The van der Waals surface area contributed by atoms with E-state index < -0.39 is 0 Å². The first-order valence-electron chi connectivity index (χ1n) is 7.31. The molecule has 1 aliphatic rings. The van der Waals surface area contributed by atoms with E-state index in [4.69, 9.17) is 16.3 Å². The molecule has 1 saturated carbocycles. The zero-order chi connectivity index (χ0) is 14.7. The van der Waals surface area contributed by atoms with Crippen molar-refractivity contribution in [2.45, 2.75) is 45.7 Å². The van der Waals surface area contributed by atoms with Crippen molar-refractivity contribution in [1.29, 1.82) is 0 Å². The molecule has 1 fully saturated rings. The summed E-state index contributed by atoms with van der Waals surface area (Å²) in [5.74, 6) is 2.02. The van der Waals surface area contributed by atoms with Crippen LogP contribution in [0.1, 0.15) is 38.7 Å². The first-order valence-corrected chi connectivity index (χ1v) is 7.69. The topological polar surface area (TPSA) is 41.5 Å². The minimum absolute atomic E-state index is 0.181. The smallest absolute Gasteiger partial charge is 0.162 e. The molecule has 0 saturated heterocycles. The van der Waals surface area contributed by atoms with Crippen molar-refractivity contribution in [2.75, 3.05) is 7.11 Å². The minimum Gasteiger partial charge on any atom is -0.504 e. The van der Waals surface area contributed by atoms with Gasteiger partial charge in [-0.2, -0.15) is 0 Å².